The first-order valence-electron chi connectivity index (χ1n) is 5.79. The summed E-state index contributed by atoms with van der Waals surface area (Å²) in [5.74, 6) is -0.00455. The van der Waals surface area contributed by atoms with E-state index in [9.17, 15) is 4.79 Å². The molecule has 1 saturated heterocycles. The zero-order valence-electron chi connectivity index (χ0n) is 9.21. The third-order valence-corrected chi connectivity index (χ3v) is 2.70. The van der Waals surface area contributed by atoms with Crippen molar-refractivity contribution in [2.75, 3.05) is 26.3 Å². The van der Waals surface area contributed by atoms with Gasteiger partial charge < -0.3 is 15.2 Å². The summed E-state index contributed by atoms with van der Waals surface area (Å²) in [6.45, 7) is 3.84. The molecule has 1 aliphatic rings. The molecular formula is C11H21NO3. The molecule has 0 saturated carbocycles. The highest BCUT2D eigenvalue weighted by Crippen LogP contribution is 2.10. The number of aliphatic carboxylic acids is 1. The highest BCUT2D eigenvalue weighted by Gasteiger charge is 2.14. The number of rotatable bonds is 8. The molecule has 4 nitrogen and oxygen atoms in total. The molecule has 1 aliphatic heterocycles. The van der Waals surface area contributed by atoms with E-state index in [2.05, 4.69) is 5.32 Å². The molecule has 0 aromatic carbocycles. The minimum absolute atomic E-state index is 0.302. The van der Waals surface area contributed by atoms with Gasteiger partial charge in [-0.1, -0.05) is 6.42 Å². The Bertz CT molecular complexity index is 179. The molecule has 88 valence electrons. The third-order valence-electron chi connectivity index (χ3n) is 2.70. The fraction of sp³-hybridized carbons (Fsp3) is 0.909. The van der Waals surface area contributed by atoms with Crippen LogP contribution in [-0.4, -0.2) is 37.4 Å². The Hall–Kier alpha value is -0.610. The van der Waals surface area contributed by atoms with E-state index in [-0.39, 0.29) is 0 Å². The van der Waals surface area contributed by atoms with Gasteiger partial charge in [0.05, 0.1) is 6.61 Å². The SMILES string of the molecule is O=C(O)CCCCCNCC1CCOC1. The second kappa shape index (κ2) is 7.65. The Morgan fingerprint density at radius 2 is 2.27 bits per heavy atom. The van der Waals surface area contributed by atoms with Gasteiger partial charge in [0.15, 0.2) is 0 Å². The van der Waals surface area contributed by atoms with Crippen molar-refractivity contribution in [3.05, 3.63) is 0 Å². The van der Waals surface area contributed by atoms with Crippen molar-refractivity contribution < 1.29 is 14.6 Å². The summed E-state index contributed by atoms with van der Waals surface area (Å²) in [4.78, 5) is 10.2. The van der Waals surface area contributed by atoms with E-state index in [1.54, 1.807) is 0 Å². The molecule has 1 unspecified atom stereocenters. The predicted octanol–water partition coefficient (Wildman–Crippen LogP) is 1.26. The van der Waals surface area contributed by atoms with Crippen molar-refractivity contribution >= 4 is 5.97 Å². The summed E-state index contributed by atoms with van der Waals surface area (Å²) >= 11 is 0. The molecule has 1 rings (SSSR count). The van der Waals surface area contributed by atoms with Gasteiger partial charge in [0, 0.05) is 19.6 Å². The normalized spacial score (nSPS) is 20.7. The number of carboxylic acid groups (broad SMARTS) is 1. The summed E-state index contributed by atoms with van der Waals surface area (Å²) in [5, 5.41) is 11.8. The minimum atomic E-state index is -0.689. The summed E-state index contributed by atoms with van der Waals surface area (Å²) < 4.78 is 5.27. The number of ether oxygens (including phenoxy) is 1. The molecule has 0 aromatic rings. The monoisotopic (exact) mass is 215 g/mol. The van der Waals surface area contributed by atoms with Crippen LogP contribution in [-0.2, 0) is 9.53 Å². The van der Waals surface area contributed by atoms with Crippen molar-refractivity contribution in [3.8, 4) is 0 Å². The predicted molar refractivity (Wildman–Crippen MR) is 57.9 cm³/mol. The van der Waals surface area contributed by atoms with Gasteiger partial charge in [0.1, 0.15) is 0 Å². The molecular weight excluding hydrogens is 194 g/mol. The largest absolute Gasteiger partial charge is 0.481 e. The molecule has 0 amide bonds. The van der Waals surface area contributed by atoms with Crippen LogP contribution in [0, 0.1) is 5.92 Å². The van der Waals surface area contributed by atoms with Gasteiger partial charge in [0.2, 0.25) is 0 Å². The van der Waals surface area contributed by atoms with Crippen LogP contribution >= 0.6 is 0 Å². The van der Waals surface area contributed by atoms with Gasteiger partial charge in [0.25, 0.3) is 0 Å². The lowest BCUT2D eigenvalue weighted by Crippen LogP contribution is -2.23. The van der Waals surface area contributed by atoms with Crippen LogP contribution in [0.3, 0.4) is 0 Å². The van der Waals surface area contributed by atoms with Gasteiger partial charge in [-0.3, -0.25) is 4.79 Å². The van der Waals surface area contributed by atoms with Crippen LogP contribution in [0.5, 0.6) is 0 Å². The van der Waals surface area contributed by atoms with E-state index >= 15 is 0 Å². The highest BCUT2D eigenvalue weighted by molar-refractivity contribution is 5.66. The van der Waals surface area contributed by atoms with Crippen LogP contribution in [0.25, 0.3) is 0 Å². The van der Waals surface area contributed by atoms with E-state index in [0.29, 0.717) is 12.3 Å². The van der Waals surface area contributed by atoms with Gasteiger partial charge in [-0.2, -0.15) is 0 Å². The van der Waals surface area contributed by atoms with Gasteiger partial charge in [-0.05, 0) is 31.7 Å². The molecule has 0 aromatic heterocycles. The molecule has 1 heterocycles. The second-order valence-corrected chi connectivity index (χ2v) is 4.14. The lowest BCUT2D eigenvalue weighted by Gasteiger charge is -2.08. The maximum absolute atomic E-state index is 10.2. The quantitative estimate of drug-likeness (QED) is 0.598. The molecule has 15 heavy (non-hydrogen) atoms. The lowest BCUT2D eigenvalue weighted by atomic mass is 10.1. The fourth-order valence-electron chi connectivity index (χ4n) is 1.75. The smallest absolute Gasteiger partial charge is 0.303 e. The molecule has 0 bridgehead atoms. The van der Waals surface area contributed by atoms with Crippen molar-refractivity contribution in [1.82, 2.24) is 5.32 Å². The Labute approximate surface area is 91.0 Å². The molecule has 0 radical (unpaired) electrons. The Balaban J connectivity index is 1.78. The Kier molecular flexibility index (Phi) is 6.36. The minimum Gasteiger partial charge on any atom is -0.481 e. The molecule has 0 spiro atoms. The number of carbonyl (C=O) groups is 1. The molecule has 1 fully saturated rings. The van der Waals surface area contributed by atoms with Gasteiger partial charge in [-0.25, -0.2) is 0 Å². The van der Waals surface area contributed by atoms with Gasteiger partial charge >= 0.3 is 5.97 Å². The van der Waals surface area contributed by atoms with Crippen LogP contribution in [0.15, 0.2) is 0 Å². The number of nitrogens with one attached hydrogen (secondary N) is 1. The average Bonchev–Trinajstić information content (AvgIpc) is 2.68. The van der Waals surface area contributed by atoms with Crippen LogP contribution in [0.4, 0.5) is 0 Å². The number of carboxylic acids is 1. The molecule has 1 atom stereocenters. The Morgan fingerprint density at radius 3 is 2.93 bits per heavy atom. The van der Waals surface area contributed by atoms with E-state index < -0.39 is 5.97 Å². The summed E-state index contributed by atoms with van der Waals surface area (Å²) in [7, 11) is 0. The van der Waals surface area contributed by atoms with Crippen molar-refractivity contribution in [3.63, 3.8) is 0 Å². The first-order valence-corrected chi connectivity index (χ1v) is 5.79. The fourth-order valence-corrected chi connectivity index (χ4v) is 1.75. The zero-order valence-corrected chi connectivity index (χ0v) is 9.21. The highest BCUT2D eigenvalue weighted by atomic mass is 16.5. The number of hydrogen-bond donors (Lipinski definition) is 2. The van der Waals surface area contributed by atoms with Crippen molar-refractivity contribution in [2.24, 2.45) is 5.92 Å². The van der Waals surface area contributed by atoms with Crippen molar-refractivity contribution in [2.45, 2.75) is 32.1 Å². The first-order chi connectivity index (χ1) is 7.29. The molecule has 0 aliphatic carbocycles. The Morgan fingerprint density at radius 1 is 1.40 bits per heavy atom. The number of unbranched alkanes of at least 4 members (excludes halogenated alkanes) is 2. The first kappa shape index (κ1) is 12.5. The second-order valence-electron chi connectivity index (χ2n) is 4.14. The van der Waals surface area contributed by atoms with Gasteiger partial charge in [-0.15, -0.1) is 0 Å². The lowest BCUT2D eigenvalue weighted by molar-refractivity contribution is -0.137. The maximum Gasteiger partial charge on any atom is 0.303 e. The molecule has 2 N–H and O–H groups in total. The maximum atomic E-state index is 10.2. The topological polar surface area (TPSA) is 58.6 Å². The van der Waals surface area contributed by atoms with E-state index in [4.69, 9.17) is 9.84 Å². The third kappa shape index (κ3) is 6.47. The van der Waals surface area contributed by atoms with E-state index in [0.717, 1.165) is 45.6 Å². The number of hydrogen-bond acceptors (Lipinski definition) is 3. The summed E-state index contributed by atoms with van der Waals surface area (Å²) in [6.07, 6.45) is 4.34. The van der Waals surface area contributed by atoms with E-state index in [1.807, 2.05) is 0 Å². The van der Waals surface area contributed by atoms with E-state index in [1.165, 1.54) is 6.42 Å². The average molecular weight is 215 g/mol. The van der Waals surface area contributed by atoms with Crippen LogP contribution < -0.4 is 5.32 Å². The van der Waals surface area contributed by atoms with Crippen molar-refractivity contribution in [1.29, 1.82) is 0 Å². The standard InChI is InChI=1S/C11H21NO3/c13-11(14)4-2-1-3-6-12-8-10-5-7-15-9-10/h10,12H,1-9H2,(H,13,14). The van der Waals surface area contributed by atoms with Crippen LogP contribution in [0.1, 0.15) is 32.1 Å². The summed E-state index contributed by atoms with van der Waals surface area (Å²) in [6, 6.07) is 0. The van der Waals surface area contributed by atoms with Crippen LogP contribution in [0.2, 0.25) is 0 Å². The zero-order chi connectivity index (χ0) is 10.9. The summed E-state index contributed by atoms with van der Waals surface area (Å²) in [5.41, 5.74) is 0. The molecule has 4 heteroatoms.